The van der Waals surface area contributed by atoms with Crippen molar-refractivity contribution >= 4 is 11.0 Å². The molecule has 0 saturated heterocycles. The van der Waals surface area contributed by atoms with E-state index in [9.17, 15) is 17.6 Å². The van der Waals surface area contributed by atoms with Crippen LogP contribution in [0.15, 0.2) is 60.7 Å². The lowest BCUT2D eigenvalue weighted by Crippen LogP contribution is -2.08. The van der Waals surface area contributed by atoms with Gasteiger partial charge in [-0.05, 0) is 37.3 Å². The van der Waals surface area contributed by atoms with Crippen molar-refractivity contribution in [3.8, 4) is 16.9 Å². The van der Waals surface area contributed by atoms with Crippen molar-refractivity contribution < 1.29 is 17.6 Å². The first kappa shape index (κ1) is 17.2. The van der Waals surface area contributed by atoms with Gasteiger partial charge in [-0.25, -0.2) is 14.1 Å². The number of benzene rings is 2. The summed E-state index contributed by atoms with van der Waals surface area (Å²) >= 11 is 0. The third kappa shape index (κ3) is 3.05. The highest BCUT2D eigenvalue weighted by molar-refractivity contribution is 5.86. The first-order valence-electron chi connectivity index (χ1n) is 8.13. The Balaban J connectivity index is 2.06. The maximum absolute atomic E-state index is 13.7. The predicted molar refractivity (Wildman–Crippen MR) is 94.0 cm³/mol. The van der Waals surface area contributed by atoms with Gasteiger partial charge in [-0.1, -0.05) is 30.3 Å². The molecule has 0 amide bonds. The van der Waals surface area contributed by atoms with Crippen LogP contribution in [0.2, 0.25) is 0 Å². The summed E-state index contributed by atoms with van der Waals surface area (Å²) in [7, 11) is 0. The summed E-state index contributed by atoms with van der Waals surface area (Å²) in [5, 5.41) is 4.17. The molecule has 0 aliphatic rings. The first-order valence-corrected chi connectivity index (χ1v) is 8.13. The van der Waals surface area contributed by atoms with Crippen LogP contribution in [0.5, 0.6) is 0 Å². The van der Waals surface area contributed by atoms with Crippen LogP contribution in [0.3, 0.4) is 0 Å². The van der Waals surface area contributed by atoms with Gasteiger partial charge in [0.25, 0.3) is 0 Å². The molecule has 0 radical (unpaired) electrons. The van der Waals surface area contributed by atoms with E-state index in [0.717, 1.165) is 6.07 Å². The van der Waals surface area contributed by atoms with Gasteiger partial charge in [0.05, 0.1) is 28.0 Å². The summed E-state index contributed by atoms with van der Waals surface area (Å²) in [4.78, 5) is 4.45. The minimum Gasteiger partial charge on any atom is -0.228 e. The van der Waals surface area contributed by atoms with Crippen molar-refractivity contribution in [2.45, 2.75) is 13.1 Å². The van der Waals surface area contributed by atoms with E-state index < -0.39 is 17.6 Å². The zero-order chi connectivity index (χ0) is 19.2. The van der Waals surface area contributed by atoms with Crippen LogP contribution < -0.4 is 0 Å². The number of halogens is 4. The molecule has 0 fully saturated rings. The van der Waals surface area contributed by atoms with Crippen molar-refractivity contribution in [2.75, 3.05) is 0 Å². The fourth-order valence-corrected chi connectivity index (χ4v) is 3.03. The molecule has 4 aromatic rings. The predicted octanol–water partition coefficient (Wildman–Crippen LogP) is 5.55. The van der Waals surface area contributed by atoms with Crippen LogP contribution >= 0.6 is 0 Å². The molecule has 0 atom stereocenters. The smallest absolute Gasteiger partial charge is 0.228 e. The highest BCUT2D eigenvalue weighted by Gasteiger charge is 2.35. The number of rotatable bonds is 2. The molecule has 136 valence electrons. The highest BCUT2D eigenvalue weighted by atomic mass is 19.4. The van der Waals surface area contributed by atoms with Gasteiger partial charge in [-0.2, -0.15) is 18.3 Å². The summed E-state index contributed by atoms with van der Waals surface area (Å²) in [6.07, 6.45) is -4.56. The second kappa shape index (κ2) is 6.19. The number of pyridine rings is 1. The minimum absolute atomic E-state index is 0.0634. The number of fused-ring (bicyclic) bond motifs is 1. The van der Waals surface area contributed by atoms with Crippen molar-refractivity contribution in [2.24, 2.45) is 0 Å². The van der Waals surface area contributed by atoms with Crippen LogP contribution in [0.25, 0.3) is 28.0 Å². The molecule has 2 aromatic carbocycles. The van der Waals surface area contributed by atoms with Gasteiger partial charge in [0.15, 0.2) is 5.65 Å². The van der Waals surface area contributed by atoms with E-state index in [1.54, 1.807) is 30.3 Å². The minimum atomic E-state index is -4.56. The topological polar surface area (TPSA) is 30.7 Å². The number of nitrogens with zero attached hydrogens (tertiary/aromatic N) is 3. The quantitative estimate of drug-likeness (QED) is 0.432. The Morgan fingerprint density at radius 2 is 1.59 bits per heavy atom. The summed E-state index contributed by atoms with van der Waals surface area (Å²) in [5.74, 6) is -0.444. The average molecular weight is 371 g/mol. The van der Waals surface area contributed by atoms with E-state index >= 15 is 0 Å². The Morgan fingerprint density at radius 1 is 0.926 bits per heavy atom. The molecule has 0 spiro atoms. The molecule has 0 bridgehead atoms. The normalized spacial score (nSPS) is 11.9. The van der Waals surface area contributed by atoms with Crippen LogP contribution in [0, 0.1) is 12.7 Å². The molecular weight excluding hydrogens is 358 g/mol. The van der Waals surface area contributed by atoms with E-state index in [0.29, 0.717) is 11.3 Å². The van der Waals surface area contributed by atoms with Gasteiger partial charge in [0.1, 0.15) is 5.82 Å². The summed E-state index contributed by atoms with van der Waals surface area (Å²) < 4.78 is 55.8. The molecule has 4 rings (SSSR count). The molecule has 27 heavy (non-hydrogen) atoms. The second-order valence-electron chi connectivity index (χ2n) is 6.09. The molecule has 7 heteroatoms. The van der Waals surface area contributed by atoms with E-state index in [-0.39, 0.29) is 22.4 Å². The summed E-state index contributed by atoms with van der Waals surface area (Å²) in [6, 6.07) is 15.0. The number of alkyl halides is 3. The summed E-state index contributed by atoms with van der Waals surface area (Å²) in [6.45, 7) is 1.50. The van der Waals surface area contributed by atoms with Crippen LogP contribution in [0.1, 0.15) is 11.3 Å². The summed E-state index contributed by atoms with van der Waals surface area (Å²) in [5.41, 5.74) is 0.673. The Hall–Kier alpha value is -3.22. The van der Waals surface area contributed by atoms with Crippen molar-refractivity contribution in [3.63, 3.8) is 0 Å². The van der Waals surface area contributed by atoms with E-state index in [1.165, 1.54) is 35.9 Å². The van der Waals surface area contributed by atoms with Gasteiger partial charge < -0.3 is 0 Å². The van der Waals surface area contributed by atoms with Gasteiger partial charge >= 0.3 is 6.18 Å². The zero-order valence-electron chi connectivity index (χ0n) is 14.1. The number of hydrogen-bond donors (Lipinski definition) is 0. The molecule has 0 aliphatic heterocycles. The SMILES string of the molecule is Cc1nn(-c2ccc(F)cc2)c2nc(-c3ccccc3)cc(C(F)(F)F)c12. The average Bonchev–Trinajstić information content (AvgIpc) is 2.98. The second-order valence-corrected chi connectivity index (χ2v) is 6.09. The maximum Gasteiger partial charge on any atom is 0.417 e. The molecule has 3 nitrogen and oxygen atoms in total. The number of hydrogen-bond acceptors (Lipinski definition) is 2. The third-order valence-corrected chi connectivity index (χ3v) is 4.26. The van der Waals surface area contributed by atoms with Gasteiger partial charge in [0, 0.05) is 5.56 Å². The number of aryl methyl sites for hydroxylation is 1. The molecule has 2 aromatic heterocycles. The largest absolute Gasteiger partial charge is 0.417 e. The van der Waals surface area contributed by atoms with Gasteiger partial charge in [-0.15, -0.1) is 0 Å². The lowest BCUT2D eigenvalue weighted by atomic mass is 10.1. The van der Waals surface area contributed by atoms with Gasteiger partial charge in [0.2, 0.25) is 0 Å². The standard InChI is InChI=1S/C20H13F4N3/c1-12-18-16(20(22,23)24)11-17(13-5-3-2-4-6-13)25-19(18)27(26-12)15-9-7-14(21)8-10-15/h2-11H,1H3. The Labute approximate surface area is 151 Å². The third-order valence-electron chi connectivity index (χ3n) is 4.26. The van der Waals surface area contributed by atoms with Crippen LogP contribution in [-0.2, 0) is 6.18 Å². The van der Waals surface area contributed by atoms with Gasteiger partial charge in [-0.3, -0.25) is 0 Å². The zero-order valence-corrected chi connectivity index (χ0v) is 14.1. The van der Waals surface area contributed by atoms with E-state index in [4.69, 9.17) is 0 Å². The van der Waals surface area contributed by atoms with Crippen molar-refractivity contribution in [1.29, 1.82) is 0 Å². The monoisotopic (exact) mass is 371 g/mol. The van der Waals surface area contributed by atoms with Crippen LogP contribution in [-0.4, -0.2) is 14.8 Å². The fraction of sp³-hybridized carbons (Fsp3) is 0.100. The lowest BCUT2D eigenvalue weighted by Gasteiger charge is -2.12. The molecule has 0 saturated carbocycles. The molecule has 2 heterocycles. The fourth-order valence-electron chi connectivity index (χ4n) is 3.03. The Morgan fingerprint density at radius 3 is 2.22 bits per heavy atom. The molecular formula is C20H13F4N3. The lowest BCUT2D eigenvalue weighted by molar-refractivity contribution is -0.136. The molecule has 0 unspecified atom stereocenters. The maximum atomic E-state index is 13.7. The Bertz CT molecular complexity index is 1110. The number of aromatic nitrogens is 3. The first-order chi connectivity index (χ1) is 12.8. The van der Waals surface area contributed by atoms with Crippen molar-refractivity contribution in [3.05, 3.63) is 77.7 Å². The molecule has 0 N–H and O–H groups in total. The Kier molecular flexibility index (Phi) is 3.95. The molecule has 0 aliphatic carbocycles. The van der Waals surface area contributed by atoms with Crippen molar-refractivity contribution in [1.82, 2.24) is 14.8 Å². The highest BCUT2D eigenvalue weighted by Crippen LogP contribution is 2.38. The van der Waals surface area contributed by atoms with E-state index in [2.05, 4.69) is 10.1 Å². The van der Waals surface area contributed by atoms with Crippen LogP contribution in [0.4, 0.5) is 17.6 Å². The van der Waals surface area contributed by atoms with E-state index in [1.807, 2.05) is 0 Å².